The van der Waals surface area contributed by atoms with Crippen molar-refractivity contribution in [2.75, 3.05) is 25.9 Å². The summed E-state index contributed by atoms with van der Waals surface area (Å²) in [6.45, 7) is 2.59. The van der Waals surface area contributed by atoms with Crippen LogP contribution in [0, 0.1) is 0 Å². The number of carbonyl (C=O) groups excluding carboxylic acids is 2. The smallest absolute Gasteiger partial charge is 0.254 e. The lowest BCUT2D eigenvalue weighted by atomic mass is 10.2. The molecule has 0 fully saturated rings. The molecule has 0 saturated heterocycles. The Balaban J connectivity index is 2.66. The summed E-state index contributed by atoms with van der Waals surface area (Å²) in [6, 6.07) is 4.65. The first kappa shape index (κ1) is 15.3. The van der Waals surface area contributed by atoms with Gasteiger partial charge in [-0.1, -0.05) is 18.5 Å². The normalized spacial score (nSPS) is 10.1. The van der Waals surface area contributed by atoms with E-state index in [1.54, 1.807) is 19.2 Å². The molecule has 1 rings (SSSR count). The molecule has 0 aliphatic carbocycles. The van der Waals surface area contributed by atoms with Gasteiger partial charge in [-0.3, -0.25) is 9.59 Å². The fourth-order valence-electron chi connectivity index (χ4n) is 1.50. The van der Waals surface area contributed by atoms with E-state index in [4.69, 9.17) is 17.3 Å². The van der Waals surface area contributed by atoms with Crippen LogP contribution in [0.1, 0.15) is 23.7 Å². The van der Waals surface area contributed by atoms with Gasteiger partial charge in [0.05, 0.1) is 17.3 Å². The van der Waals surface area contributed by atoms with Crippen molar-refractivity contribution in [3.8, 4) is 0 Å². The number of nitrogens with one attached hydrogen (secondary N) is 1. The molecule has 0 aliphatic heterocycles. The Morgan fingerprint density at radius 1 is 1.42 bits per heavy atom. The largest absolute Gasteiger partial charge is 0.398 e. The highest BCUT2D eigenvalue weighted by atomic mass is 35.5. The number of likely N-dealkylation sites (N-methyl/N-ethyl adjacent to an activating group) is 1. The molecule has 0 atom stereocenters. The van der Waals surface area contributed by atoms with Gasteiger partial charge in [-0.25, -0.2) is 0 Å². The minimum atomic E-state index is -0.269. The van der Waals surface area contributed by atoms with Crippen LogP contribution in [0.5, 0.6) is 0 Å². The summed E-state index contributed by atoms with van der Waals surface area (Å²) >= 11 is 5.79. The number of amides is 2. The van der Waals surface area contributed by atoms with E-state index in [1.807, 2.05) is 6.92 Å². The van der Waals surface area contributed by atoms with Gasteiger partial charge in [-0.05, 0) is 24.6 Å². The second-order valence-corrected chi connectivity index (χ2v) is 4.65. The van der Waals surface area contributed by atoms with Gasteiger partial charge in [0.25, 0.3) is 5.91 Å². The van der Waals surface area contributed by atoms with Gasteiger partial charge in [-0.2, -0.15) is 0 Å². The van der Waals surface area contributed by atoms with E-state index in [0.717, 1.165) is 6.42 Å². The minimum Gasteiger partial charge on any atom is -0.398 e. The molecule has 0 unspecified atom stereocenters. The molecule has 1 aromatic carbocycles. The van der Waals surface area contributed by atoms with Crippen LogP contribution in [0.25, 0.3) is 0 Å². The Labute approximate surface area is 117 Å². The molecular weight excluding hydrogens is 266 g/mol. The zero-order valence-corrected chi connectivity index (χ0v) is 11.8. The summed E-state index contributed by atoms with van der Waals surface area (Å²) in [5, 5.41) is 3.11. The van der Waals surface area contributed by atoms with Crippen molar-refractivity contribution in [3.05, 3.63) is 28.8 Å². The van der Waals surface area contributed by atoms with Crippen molar-refractivity contribution in [2.24, 2.45) is 0 Å². The Hall–Kier alpha value is -1.75. The van der Waals surface area contributed by atoms with E-state index >= 15 is 0 Å². The minimum absolute atomic E-state index is 0.0152. The van der Waals surface area contributed by atoms with Gasteiger partial charge in [0.1, 0.15) is 0 Å². The lowest BCUT2D eigenvalue weighted by molar-refractivity contribution is -0.121. The van der Waals surface area contributed by atoms with Crippen LogP contribution in [0.2, 0.25) is 5.02 Å². The summed E-state index contributed by atoms with van der Waals surface area (Å²) in [4.78, 5) is 24.9. The van der Waals surface area contributed by atoms with E-state index in [-0.39, 0.29) is 18.4 Å². The third kappa shape index (κ3) is 4.44. The summed E-state index contributed by atoms with van der Waals surface area (Å²) < 4.78 is 0. The van der Waals surface area contributed by atoms with Gasteiger partial charge < -0.3 is 16.0 Å². The van der Waals surface area contributed by atoms with Crippen molar-refractivity contribution in [3.63, 3.8) is 0 Å². The molecule has 1 aromatic rings. The summed E-state index contributed by atoms with van der Waals surface area (Å²) in [7, 11) is 1.57. The Kier molecular flexibility index (Phi) is 5.63. The Morgan fingerprint density at radius 3 is 2.68 bits per heavy atom. The van der Waals surface area contributed by atoms with E-state index in [2.05, 4.69) is 5.32 Å². The van der Waals surface area contributed by atoms with E-state index < -0.39 is 0 Å². The molecule has 0 radical (unpaired) electrons. The molecule has 3 N–H and O–H groups in total. The first-order valence-corrected chi connectivity index (χ1v) is 6.40. The van der Waals surface area contributed by atoms with Crippen molar-refractivity contribution >= 4 is 29.1 Å². The fraction of sp³-hybridized carbons (Fsp3) is 0.385. The monoisotopic (exact) mass is 283 g/mol. The Morgan fingerprint density at radius 2 is 2.11 bits per heavy atom. The van der Waals surface area contributed by atoms with Crippen LogP contribution in [-0.4, -0.2) is 36.9 Å². The molecule has 0 heterocycles. The van der Waals surface area contributed by atoms with Gasteiger partial charge >= 0.3 is 0 Å². The average molecular weight is 284 g/mol. The number of hydrogen-bond donors (Lipinski definition) is 2. The van der Waals surface area contributed by atoms with Crippen LogP contribution in [0.4, 0.5) is 5.69 Å². The number of anilines is 1. The third-order valence-electron chi connectivity index (χ3n) is 2.54. The number of carbonyl (C=O) groups is 2. The topological polar surface area (TPSA) is 75.4 Å². The van der Waals surface area contributed by atoms with Crippen LogP contribution in [-0.2, 0) is 4.79 Å². The molecule has 0 aliphatic rings. The zero-order valence-electron chi connectivity index (χ0n) is 11.1. The van der Waals surface area contributed by atoms with Crippen LogP contribution < -0.4 is 11.1 Å². The van der Waals surface area contributed by atoms with E-state index in [1.165, 1.54) is 11.0 Å². The maximum atomic E-state index is 12.1. The quantitative estimate of drug-likeness (QED) is 0.805. The first-order chi connectivity index (χ1) is 8.95. The molecule has 0 spiro atoms. The van der Waals surface area contributed by atoms with Gasteiger partial charge in [0, 0.05) is 19.2 Å². The molecule has 0 aromatic heterocycles. The molecule has 5 nitrogen and oxygen atoms in total. The van der Waals surface area contributed by atoms with Crippen LogP contribution in [0.15, 0.2) is 18.2 Å². The number of halogens is 1. The highest BCUT2D eigenvalue weighted by molar-refractivity contribution is 6.33. The maximum Gasteiger partial charge on any atom is 0.254 e. The van der Waals surface area contributed by atoms with Crippen molar-refractivity contribution in [1.29, 1.82) is 0 Å². The van der Waals surface area contributed by atoms with Crippen molar-refractivity contribution in [1.82, 2.24) is 10.2 Å². The molecule has 0 bridgehead atoms. The molecule has 2 amide bonds. The second-order valence-electron chi connectivity index (χ2n) is 4.25. The maximum absolute atomic E-state index is 12.1. The van der Waals surface area contributed by atoms with Crippen LogP contribution in [0.3, 0.4) is 0 Å². The summed E-state index contributed by atoms with van der Waals surface area (Å²) in [6.07, 6.45) is 0.858. The van der Waals surface area contributed by atoms with Gasteiger partial charge in [0.15, 0.2) is 0 Å². The average Bonchev–Trinajstić information content (AvgIpc) is 2.38. The van der Waals surface area contributed by atoms with Crippen LogP contribution >= 0.6 is 11.6 Å². The molecular formula is C13H18ClN3O2. The molecule has 19 heavy (non-hydrogen) atoms. The Bertz CT molecular complexity index is 477. The lowest BCUT2D eigenvalue weighted by Crippen LogP contribution is -2.38. The number of hydrogen-bond acceptors (Lipinski definition) is 3. The lowest BCUT2D eigenvalue weighted by Gasteiger charge is -2.17. The number of nitrogens with zero attached hydrogens (tertiary/aromatic N) is 1. The van der Waals surface area contributed by atoms with Gasteiger partial charge in [-0.15, -0.1) is 0 Å². The number of rotatable bonds is 5. The van der Waals surface area contributed by atoms with Crippen molar-refractivity contribution < 1.29 is 9.59 Å². The number of nitrogen functional groups attached to an aromatic ring is 1. The number of nitrogens with two attached hydrogens (primary N) is 1. The zero-order chi connectivity index (χ0) is 14.4. The summed E-state index contributed by atoms with van der Waals surface area (Å²) in [5.41, 5.74) is 6.40. The standard InChI is InChI=1S/C13H18ClN3O2/c1-3-6-16-12(18)8-17(2)13(19)9-4-5-10(14)11(15)7-9/h4-5,7H,3,6,8,15H2,1-2H3,(H,16,18). The van der Waals surface area contributed by atoms with E-state index in [9.17, 15) is 9.59 Å². The van der Waals surface area contributed by atoms with Crippen molar-refractivity contribution in [2.45, 2.75) is 13.3 Å². The van der Waals surface area contributed by atoms with Gasteiger partial charge in [0.2, 0.25) is 5.91 Å². The SMILES string of the molecule is CCCNC(=O)CN(C)C(=O)c1ccc(Cl)c(N)c1. The van der Waals surface area contributed by atoms with E-state index in [0.29, 0.717) is 22.8 Å². The highest BCUT2D eigenvalue weighted by Gasteiger charge is 2.15. The first-order valence-electron chi connectivity index (χ1n) is 6.03. The predicted octanol–water partition coefficient (Wildman–Crippen LogP) is 1.52. The molecule has 104 valence electrons. The molecule has 6 heteroatoms. The third-order valence-corrected chi connectivity index (χ3v) is 2.89. The fourth-order valence-corrected chi connectivity index (χ4v) is 1.62. The molecule has 0 saturated carbocycles. The second kappa shape index (κ2) is 6.99. The number of benzene rings is 1. The predicted molar refractivity (Wildman–Crippen MR) is 76.1 cm³/mol. The highest BCUT2D eigenvalue weighted by Crippen LogP contribution is 2.20. The summed E-state index contributed by atoms with van der Waals surface area (Å²) in [5.74, 6) is -0.449.